The van der Waals surface area contributed by atoms with Gasteiger partial charge in [0.15, 0.2) is 0 Å². The van der Waals surface area contributed by atoms with Crippen LogP contribution in [-0.2, 0) is 6.18 Å². The number of hydrogen-bond donors (Lipinski definition) is 7. The van der Waals surface area contributed by atoms with Crippen LogP contribution in [-0.4, -0.2) is 164 Å². The highest BCUT2D eigenvalue weighted by molar-refractivity contribution is 5.40. The Morgan fingerprint density at radius 2 is 1.05 bits per heavy atom. The molecule has 0 amide bonds. The van der Waals surface area contributed by atoms with Crippen molar-refractivity contribution < 1.29 is 32.6 Å². The number of nitrogen functional groups attached to an aromatic ring is 2. The number of ether oxygens (including phenoxy) is 2. The summed E-state index contributed by atoms with van der Waals surface area (Å²) < 4.78 is 48.5. The summed E-state index contributed by atoms with van der Waals surface area (Å²) in [5, 5.41) is 22.3. The number of nitrogens with two attached hydrogens (primary N) is 2. The van der Waals surface area contributed by atoms with Crippen molar-refractivity contribution in [3.8, 4) is 11.8 Å². The molecule has 25 heteroatoms. The van der Waals surface area contributed by atoms with Crippen LogP contribution in [0, 0.1) is 0 Å². The minimum atomic E-state index is -4.41. The maximum Gasteiger partial charge on any atom is 0.433 e. The van der Waals surface area contributed by atoms with E-state index in [4.69, 9.17) is 20.9 Å². The van der Waals surface area contributed by atoms with Gasteiger partial charge in [-0.1, -0.05) is 9.71 Å². The summed E-state index contributed by atoms with van der Waals surface area (Å²) in [6, 6.07) is 4.25. The molecule has 22 nitrogen and oxygen atoms in total. The molecule has 4 saturated heterocycles. The second kappa shape index (κ2) is 22.3. The lowest BCUT2D eigenvalue weighted by Crippen LogP contribution is -2.49. The number of methoxy groups -OCH3 is 2. The number of nitrogens with one attached hydrogen (secondary N) is 4. The first-order chi connectivity index (χ1) is 28.5. The van der Waals surface area contributed by atoms with Gasteiger partial charge >= 0.3 is 12.1 Å². The van der Waals surface area contributed by atoms with Gasteiger partial charge in [-0.15, -0.1) is 0 Å². The summed E-state index contributed by atoms with van der Waals surface area (Å²) >= 11 is 0. The molecule has 0 unspecified atom stereocenters. The topological polar surface area (TPSA) is 259 Å². The molecule has 4 aromatic rings. The van der Waals surface area contributed by atoms with Gasteiger partial charge in [0.25, 0.3) is 0 Å². The first-order valence-corrected chi connectivity index (χ1v) is 19.1. The van der Waals surface area contributed by atoms with E-state index in [0.29, 0.717) is 42.7 Å². The van der Waals surface area contributed by atoms with Crippen LogP contribution in [0.3, 0.4) is 0 Å². The third-order valence-electron chi connectivity index (χ3n) is 8.98. The number of hydrogen-bond acceptors (Lipinski definition) is 21. The van der Waals surface area contributed by atoms with E-state index in [1.807, 2.05) is 4.90 Å². The van der Waals surface area contributed by atoms with Crippen LogP contribution >= 0.6 is 0 Å². The summed E-state index contributed by atoms with van der Waals surface area (Å²) in [6.07, 6.45) is 0.00731. The van der Waals surface area contributed by atoms with Crippen molar-refractivity contribution in [2.75, 3.05) is 150 Å². The highest BCUT2D eigenvalue weighted by atomic mass is 19.4. The van der Waals surface area contributed by atoms with E-state index in [-0.39, 0.29) is 17.8 Å². The summed E-state index contributed by atoms with van der Waals surface area (Å²) in [5.74, 6) is 3.40. The monoisotopic (exact) mass is 832 g/mol. The van der Waals surface area contributed by atoms with Crippen molar-refractivity contribution in [2.24, 2.45) is 0 Å². The lowest BCUT2D eigenvalue weighted by molar-refractivity contribution is -0.896. The molecule has 8 rings (SSSR count). The van der Waals surface area contributed by atoms with Crippen molar-refractivity contribution >= 4 is 35.7 Å². The van der Waals surface area contributed by atoms with Gasteiger partial charge in [0.05, 0.1) is 33.4 Å². The van der Waals surface area contributed by atoms with Gasteiger partial charge < -0.3 is 62.1 Å². The van der Waals surface area contributed by atoms with E-state index in [9.17, 15) is 18.4 Å². The molecule has 0 saturated carbocycles. The largest absolute Gasteiger partial charge is 0.481 e. The number of aromatic nitrogens is 9. The summed E-state index contributed by atoms with van der Waals surface area (Å²) in [7, 11) is 3.17. The zero-order valence-electron chi connectivity index (χ0n) is 33.1. The normalized spacial score (nSPS) is 17.0. The third kappa shape index (κ3) is 13.9. The zero-order chi connectivity index (χ0) is 42.0. The van der Waals surface area contributed by atoms with Gasteiger partial charge in [-0.2, -0.15) is 38.1 Å². The van der Waals surface area contributed by atoms with Crippen LogP contribution < -0.4 is 66.5 Å². The zero-order valence-corrected chi connectivity index (χ0v) is 33.1. The Hall–Kier alpha value is -5.92. The molecule has 0 spiro atoms. The van der Waals surface area contributed by atoms with Crippen LogP contribution in [0.4, 0.5) is 48.9 Å². The van der Waals surface area contributed by atoms with E-state index in [1.54, 1.807) is 43.6 Å². The summed E-state index contributed by atoms with van der Waals surface area (Å²) in [4.78, 5) is 39.8. The lowest BCUT2D eigenvalue weighted by atomic mass is 10.3. The van der Waals surface area contributed by atoms with E-state index in [2.05, 4.69) is 70.9 Å². The van der Waals surface area contributed by atoms with Crippen molar-refractivity contribution in [2.45, 2.75) is 6.18 Å². The van der Waals surface area contributed by atoms with Crippen molar-refractivity contribution in [1.29, 1.82) is 0 Å². The smallest absolute Gasteiger partial charge is 0.433 e. The predicted molar refractivity (Wildman–Crippen MR) is 213 cm³/mol. The van der Waals surface area contributed by atoms with Crippen LogP contribution in [0.5, 0.6) is 11.8 Å². The molecule has 0 aliphatic carbocycles. The third-order valence-corrected chi connectivity index (χ3v) is 8.98. The summed E-state index contributed by atoms with van der Waals surface area (Å²) in [5.41, 5.74) is 10.1. The quantitative estimate of drug-likeness (QED) is 0.0841. The number of nitrogens with zero attached hydrogens (tertiary/aromatic N) is 13. The Labute approximate surface area is 339 Å². The van der Waals surface area contributed by atoms with E-state index < -0.39 is 11.9 Å². The molecule has 4 aliphatic heterocycles. The predicted octanol–water partition coefficient (Wildman–Crippen LogP) is -1.73. The van der Waals surface area contributed by atoms with Gasteiger partial charge in [0.2, 0.25) is 41.5 Å². The van der Waals surface area contributed by atoms with E-state index >= 15 is 0 Å². The molecule has 322 valence electrons. The molecule has 9 N–H and O–H groups in total. The Balaban J connectivity index is 0.000000150. The fraction of sp³-hybridized carbons (Fsp3) is 0.559. The second-order valence-electron chi connectivity index (χ2n) is 13.1. The SMILES string of the molecule is COc1cc(OC)nc(N2CCNCC2)n1.FC(F)(F)c1ccnc(N2CCNCC2)n1.Nc1nc(N)nc(N2CCNCC2)n1.O[n+]1cccnc1N1CCNCC1. The van der Waals surface area contributed by atoms with Crippen molar-refractivity contribution in [3.05, 3.63) is 42.5 Å². The Morgan fingerprint density at radius 1 is 0.610 bits per heavy atom. The first kappa shape index (κ1) is 44.2. The lowest BCUT2D eigenvalue weighted by Gasteiger charge is -2.27. The molecule has 0 atom stereocenters. The first-order valence-electron chi connectivity index (χ1n) is 19.1. The fourth-order valence-corrected chi connectivity index (χ4v) is 5.98. The number of alkyl halides is 3. The van der Waals surface area contributed by atoms with Gasteiger partial charge in [-0.05, 0) is 6.07 Å². The minimum absolute atomic E-state index is 0.149. The molecule has 4 fully saturated rings. The number of anilines is 6. The molecule has 59 heavy (non-hydrogen) atoms. The molecular weight excluding hydrogens is 779 g/mol. The van der Waals surface area contributed by atoms with Crippen LogP contribution in [0.25, 0.3) is 0 Å². The molecule has 0 bridgehead atoms. The Kier molecular flexibility index (Phi) is 16.7. The molecule has 0 radical (unpaired) electrons. The maximum atomic E-state index is 12.4. The van der Waals surface area contributed by atoms with Crippen molar-refractivity contribution in [3.63, 3.8) is 0 Å². The van der Waals surface area contributed by atoms with Crippen LogP contribution in [0.15, 0.2) is 36.8 Å². The average molecular weight is 833 g/mol. The van der Waals surface area contributed by atoms with E-state index in [0.717, 1.165) is 109 Å². The molecule has 8 heterocycles. The number of piperazine rings is 4. The van der Waals surface area contributed by atoms with Crippen LogP contribution in [0.2, 0.25) is 0 Å². The van der Waals surface area contributed by atoms with Gasteiger partial charge in [-0.3, -0.25) is 4.90 Å². The van der Waals surface area contributed by atoms with Crippen LogP contribution in [0.1, 0.15) is 5.69 Å². The summed E-state index contributed by atoms with van der Waals surface area (Å²) in [6.45, 7) is 13.6. The van der Waals surface area contributed by atoms with E-state index in [1.165, 1.54) is 0 Å². The van der Waals surface area contributed by atoms with Gasteiger partial charge in [-0.25, -0.2) is 9.97 Å². The molecule has 4 aromatic heterocycles. The Morgan fingerprint density at radius 3 is 1.49 bits per heavy atom. The number of halogens is 3. The number of rotatable bonds is 6. The molecule has 4 aliphatic rings. The fourth-order valence-electron chi connectivity index (χ4n) is 5.98. The maximum absolute atomic E-state index is 12.4. The average Bonchev–Trinajstić information content (AvgIpc) is 3.27. The highest BCUT2D eigenvalue weighted by Gasteiger charge is 2.33. The standard InChI is InChI=1S/C10H16N4O2.C9H11F3N4.C8H13N4O.C7H13N7/c1-15-8-7-9(16-2)13-10(12-8)14-5-3-11-4-6-14;10-9(11,12)7-1-2-14-8(15-7)16-5-3-13-4-6-16;13-12-5-1-2-10-8(12)11-6-3-9-4-7-11;8-5-11-6(9)13-7(12-5)14-3-1-10-2-4-14/h7,11H,3-6H2,1-2H3;1-2,13H,3-6H2;1-2,5,9,13H,3-4,6-7H2;10H,1-4H2,(H4,8,9,11,12,13)/q;;+1;. The van der Waals surface area contributed by atoms with Crippen molar-refractivity contribution in [1.82, 2.24) is 61.1 Å². The molecular formula is C34H53F3N19O3+. The highest BCUT2D eigenvalue weighted by Crippen LogP contribution is 2.28. The van der Waals surface area contributed by atoms with Gasteiger partial charge in [0, 0.05) is 104 Å². The molecule has 0 aromatic carbocycles. The second-order valence-corrected chi connectivity index (χ2v) is 13.1. The Bertz CT molecular complexity index is 1820. The van der Waals surface area contributed by atoms with Gasteiger partial charge in [0.1, 0.15) is 18.1 Å². The minimum Gasteiger partial charge on any atom is -0.481 e.